The third kappa shape index (κ3) is 5.11. The highest BCUT2D eigenvalue weighted by molar-refractivity contribution is 6.31. The number of ether oxygens (including phenoxy) is 1. The van der Waals surface area contributed by atoms with Crippen LogP contribution in [0.2, 0.25) is 5.02 Å². The summed E-state index contributed by atoms with van der Waals surface area (Å²) in [5.41, 5.74) is 5.92. The second-order valence-electron chi connectivity index (χ2n) is 3.29. The second-order valence-corrected chi connectivity index (χ2v) is 3.69. The fourth-order valence-corrected chi connectivity index (χ4v) is 1.34. The topological polar surface area (TPSA) is 64.4 Å². The van der Waals surface area contributed by atoms with Crippen molar-refractivity contribution in [1.82, 2.24) is 5.32 Å². The molecule has 0 radical (unpaired) electrons. The van der Waals surface area contributed by atoms with Crippen LogP contribution in [0, 0.1) is 0 Å². The summed E-state index contributed by atoms with van der Waals surface area (Å²) in [5.74, 6) is -0.369. The molecule has 0 aliphatic carbocycles. The molecule has 16 heavy (non-hydrogen) atoms. The third-order valence-corrected chi connectivity index (χ3v) is 2.31. The van der Waals surface area contributed by atoms with Gasteiger partial charge in [-0.1, -0.05) is 29.8 Å². The van der Waals surface area contributed by atoms with Crippen molar-refractivity contribution in [3.8, 4) is 0 Å². The van der Waals surface area contributed by atoms with E-state index in [1.165, 1.54) is 0 Å². The molecule has 1 aromatic rings. The number of primary amides is 1. The average molecular weight is 243 g/mol. The van der Waals surface area contributed by atoms with Gasteiger partial charge in [-0.15, -0.1) is 0 Å². The van der Waals surface area contributed by atoms with Crippen LogP contribution < -0.4 is 11.1 Å². The van der Waals surface area contributed by atoms with Crippen LogP contribution in [0.1, 0.15) is 5.56 Å². The number of rotatable bonds is 7. The zero-order valence-electron chi connectivity index (χ0n) is 8.91. The lowest BCUT2D eigenvalue weighted by Crippen LogP contribution is -2.30. The standard InChI is InChI=1S/C11H15ClN2O2/c12-10-4-2-1-3-9(10)8-16-6-5-14-7-11(13)15/h1-4,14H,5-8H2,(H2,13,15). The first-order chi connectivity index (χ1) is 7.70. The van der Waals surface area contributed by atoms with Crippen LogP contribution in [0.15, 0.2) is 24.3 Å². The molecule has 0 bridgehead atoms. The Balaban J connectivity index is 2.12. The third-order valence-electron chi connectivity index (χ3n) is 1.94. The minimum Gasteiger partial charge on any atom is -0.375 e. The van der Waals surface area contributed by atoms with Crippen molar-refractivity contribution < 1.29 is 9.53 Å². The summed E-state index contributed by atoms with van der Waals surface area (Å²) >= 11 is 5.95. The van der Waals surface area contributed by atoms with E-state index in [2.05, 4.69) is 5.32 Å². The van der Waals surface area contributed by atoms with Crippen molar-refractivity contribution >= 4 is 17.5 Å². The van der Waals surface area contributed by atoms with E-state index in [-0.39, 0.29) is 12.5 Å². The molecule has 0 atom stereocenters. The first-order valence-corrected chi connectivity index (χ1v) is 5.38. The first-order valence-electron chi connectivity index (χ1n) is 5.00. The van der Waals surface area contributed by atoms with Gasteiger partial charge in [-0.2, -0.15) is 0 Å². The van der Waals surface area contributed by atoms with E-state index in [0.717, 1.165) is 5.56 Å². The van der Waals surface area contributed by atoms with E-state index in [0.29, 0.717) is 24.8 Å². The minimum atomic E-state index is -0.369. The molecule has 0 heterocycles. The highest BCUT2D eigenvalue weighted by Gasteiger charge is 1.98. The van der Waals surface area contributed by atoms with Gasteiger partial charge in [0, 0.05) is 11.6 Å². The van der Waals surface area contributed by atoms with E-state index in [1.54, 1.807) is 0 Å². The zero-order valence-corrected chi connectivity index (χ0v) is 9.67. The normalized spacial score (nSPS) is 10.3. The maximum absolute atomic E-state index is 10.4. The minimum absolute atomic E-state index is 0.176. The first kappa shape index (κ1) is 13.0. The fraction of sp³-hybridized carbons (Fsp3) is 0.364. The van der Waals surface area contributed by atoms with E-state index >= 15 is 0 Å². The van der Waals surface area contributed by atoms with Gasteiger partial charge in [0.25, 0.3) is 0 Å². The maximum Gasteiger partial charge on any atom is 0.231 e. The van der Waals surface area contributed by atoms with E-state index < -0.39 is 0 Å². The van der Waals surface area contributed by atoms with Crippen molar-refractivity contribution in [1.29, 1.82) is 0 Å². The molecule has 0 spiro atoms. The number of hydrogen-bond donors (Lipinski definition) is 2. The number of halogens is 1. The lowest BCUT2D eigenvalue weighted by Gasteiger charge is -2.06. The number of nitrogens with two attached hydrogens (primary N) is 1. The van der Waals surface area contributed by atoms with Gasteiger partial charge >= 0.3 is 0 Å². The van der Waals surface area contributed by atoms with E-state index in [4.69, 9.17) is 22.1 Å². The number of hydrogen-bond acceptors (Lipinski definition) is 3. The van der Waals surface area contributed by atoms with Crippen LogP contribution in [0.25, 0.3) is 0 Å². The summed E-state index contributed by atoms with van der Waals surface area (Å²) in [6, 6.07) is 7.53. The fourth-order valence-electron chi connectivity index (χ4n) is 1.15. The van der Waals surface area contributed by atoms with Crippen molar-refractivity contribution in [2.45, 2.75) is 6.61 Å². The van der Waals surface area contributed by atoms with Gasteiger partial charge in [-0.3, -0.25) is 4.79 Å². The SMILES string of the molecule is NC(=O)CNCCOCc1ccccc1Cl. The van der Waals surface area contributed by atoms with E-state index in [9.17, 15) is 4.79 Å². The van der Waals surface area contributed by atoms with Crippen LogP contribution >= 0.6 is 11.6 Å². The lowest BCUT2D eigenvalue weighted by atomic mass is 10.2. The van der Waals surface area contributed by atoms with Gasteiger partial charge in [-0.05, 0) is 11.6 Å². The van der Waals surface area contributed by atoms with Crippen LogP contribution in [0.5, 0.6) is 0 Å². The van der Waals surface area contributed by atoms with Crippen LogP contribution in [0.4, 0.5) is 0 Å². The Morgan fingerprint density at radius 3 is 2.88 bits per heavy atom. The van der Waals surface area contributed by atoms with Crippen molar-refractivity contribution in [3.05, 3.63) is 34.9 Å². The number of nitrogens with one attached hydrogen (secondary N) is 1. The molecular weight excluding hydrogens is 228 g/mol. The molecule has 0 unspecified atom stereocenters. The molecule has 88 valence electrons. The summed E-state index contributed by atoms with van der Waals surface area (Å²) < 4.78 is 5.38. The molecule has 0 fully saturated rings. The average Bonchev–Trinajstić information content (AvgIpc) is 2.25. The Bertz CT molecular complexity index is 345. The molecule has 0 saturated heterocycles. The Kier molecular flexibility index (Phi) is 5.85. The molecule has 0 aliphatic heterocycles. The summed E-state index contributed by atoms with van der Waals surface area (Å²) in [6.07, 6.45) is 0. The van der Waals surface area contributed by atoms with Crippen LogP contribution in [0.3, 0.4) is 0 Å². The summed E-state index contributed by atoms with van der Waals surface area (Å²) in [6.45, 7) is 1.75. The second kappa shape index (κ2) is 7.22. The summed E-state index contributed by atoms with van der Waals surface area (Å²) in [4.78, 5) is 10.4. The number of amides is 1. The Hall–Kier alpha value is -1.10. The van der Waals surface area contributed by atoms with Gasteiger partial charge in [0.05, 0.1) is 19.8 Å². The lowest BCUT2D eigenvalue weighted by molar-refractivity contribution is -0.117. The molecule has 1 aromatic carbocycles. The number of carbonyl (C=O) groups excluding carboxylic acids is 1. The smallest absolute Gasteiger partial charge is 0.231 e. The van der Waals surface area contributed by atoms with Crippen molar-refractivity contribution in [3.63, 3.8) is 0 Å². The van der Waals surface area contributed by atoms with Crippen molar-refractivity contribution in [2.75, 3.05) is 19.7 Å². The zero-order chi connectivity index (χ0) is 11.8. The summed E-state index contributed by atoms with van der Waals surface area (Å²) in [5, 5.41) is 3.55. The van der Waals surface area contributed by atoms with Gasteiger partial charge < -0.3 is 15.8 Å². The molecule has 0 aliphatic rings. The number of benzene rings is 1. The molecule has 0 saturated carbocycles. The molecule has 5 heteroatoms. The Morgan fingerprint density at radius 1 is 1.44 bits per heavy atom. The molecule has 0 aromatic heterocycles. The molecule has 1 amide bonds. The van der Waals surface area contributed by atoms with Gasteiger partial charge in [-0.25, -0.2) is 0 Å². The number of carbonyl (C=O) groups is 1. The molecule has 1 rings (SSSR count). The maximum atomic E-state index is 10.4. The predicted octanol–water partition coefficient (Wildman–Crippen LogP) is 0.932. The van der Waals surface area contributed by atoms with Crippen LogP contribution in [-0.2, 0) is 16.1 Å². The molecule has 3 N–H and O–H groups in total. The van der Waals surface area contributed by atoms with Crippen molar-refractivity contribution in [2.24, 2.45) is 5.73 Å². The molecule has 4 nitrogen and oxygen atoms in total. The highest BCUT2D eigenvalue weighted by atomic mass is 35.5. The Morgan fingerprint density at radius 2 is 2.19 bits per heavy atom. The van der Waals surface area contributed by atoms with Gasteiger partial charge in [0.1, 0.15) is 0 Å². The van der Waals surface area contributed by atoms with E-state index in [1.807, 2.05) is 24.3 Å². The van der Waals surface area contributed by atoms with Gasteiger partial charge in [0.15, 0.2) is 0 Å². The highest BCUT2D eigenvalue weighted by Crippen LogP contribution is 2.15. The predicted molar refractivity (Wildman–Crippen MR) is 63.2 cm³/mol. The largest absolute Gasteiger partial charge is 0.375 e. The van der Waals surface area contributed by atoms with Gasteiger partial charge in [0.2, 0.25) is 5.91 Å². The summed E-state index contributed by atoms with van der Waals surface area (Å²) in [7, 11) is 0. The van der Waals surface area contributed by atoms with Crippen LogP contribution in [-0.4, -0.2) is 25.6 Å². The molecular formula is C11H15ClN2O2. The Labute approximate surface area is 99.7 Å². The monoisotopic (exact) mass is 242 g/mol. The quantitative estimate of drug-likeness (QED) is 0.700.